The summed E-state index contributed by atoms with van der Waals surface area (Å²) < 4.78 is 0. The summed E-state index contributed by atoms with van der Waals surface area (Å²) >= 11 is 0. The summed E-state index contributed by atoms with van der Waals surface area (Å²) in [6.45, 7) is 24.1. The van der Waals surface area contributed by atoms with Crippen molar-refractivity contribution in [3.05, 3.63) is 66.0 Å². The van der Waals surface area contributed by atoms with E-state index in [4.69, 9.17) is 4.98 Å². The minimum absolute atomic E-state index is 0.125. The van der Waals surface area contributed by atoms with E-state index < -0.39 is 0 Å². The predicted octanol–water partition coefficient (Wildman–Crippen LogP) is 8.87. The molecule has 1 aromatic carbocycles. The third kappa shape index (κ3) is 5.96. The number of aromatic nitrogens is 1. The SMILES string of the molecule is CC(C)(C)CC(c1ccccc1)C(C)(C)C(C)(C)CC(c1ccccn1)C(C)(C)C. The van der Waals surface area contributed by atoms with Crippen molar-refractivity contribution in [3.63, 3.8) is 0 Å². The van der Waals surface area contributed by atoms with Crippen molar-refractivity contribution in [1.29, 1.82) is 0 Å². The fourth-order valence-corrected chi connectivity index (χ4v) is 4.77. The number of rotatable bonds is 7. The molecule has 0 radical (unpaired) electrons. The zero-order valence-electron chi connectivity index (χ0n) is 21.2. The molecular weight excluding hydrogens is 362 g/mol. The van der Waals surface area contributed by atoms with Crippen LogP contribution in [0.1, 0.15) is 105 Å². The van der Waals surface area contributed by atoms with Crippen molar-refractivity contribution in [1.82, 2.24) is 4.98 Å². The second-order valence-corrected chi connectivity index (χ2v) is 12.7. The largest absolute Gasteiger partial charge is 0.261 e. The highest BCUT2D eigenvalue weighted by Gasteiger charge is 2.47. The molecule has 0 bridgehead atoms. The van der Waals surface area contributed by atoms with Crippen LogP contribution in [0.15, 0.2) is 54.7 Å². The Balaban J connectivity index is 2.47. The smallest absolute Gasteiger partial charge is 0.0439 e. The molecule has 1 nitrogen and oxygen atoms in total. The van der Waals surface area contributed by atoms with Crippen molar-refractivity contribution in [2.75, 3.05) is 0 Å². The number of benzene rings is 1. The third-order valence-corrected chi connectivity index (χ3v) is 7.44. The number of pyridine rings is 1. The first-order valence-electron chi connectivity index (χ1n) is 11.6. The number of hydrogen-bond acceptors (Lipinski definition) is 1. The number of nitrogens with zero attached hydrogens (tertiary/aromatic N) is 1. The van der Waals surface area contributed by atoms with Gasteiger partial charge in [0.15, 0.2) is 0 Å². The van der Waals surface area contributed by atoms with Gasteiger partial charge < -0.3 is 0 Å². The van der Waals surface area contributed by atoms with E-state index in [1.54, 1.807) is 0 Å². The third-order valence-electron chi connectivity index (χ3n) is 7.44. The maximum absolute atomic E-state index is 4.77. The van der Waals surface area contributed by atoms with Gasteiger partial charge in [0.2, 0.25) is 0 Å². The molecular formula is C29H45N. The molecule has 2 aromatic rings. The lowest BCUT2D eigenvalue weighted by Gasteiger charge is -2.51. The highest BCUT2D eigenvalue weighted by atomic mass is 14.7. The van der Waals surface area contributed by atoms with Crippen LogP contribution in [-0.4, -0.2) is 4.98 Å². The fraction of sp³-hybridized carbons (Fsp3) is 0.621. The van der Waals surface area contributed by atoms with Gasteiger partial charge in [-0.2, -0.15) is 0 Å². The maximum atomic E-state index is 4.77. The molecule has 0 N–H and O–H groups in total. The first-order valence-corrected chi connectivity index (χ1v) is 11.6. The fourth-order valence-electron chi connectivity index (χ4n) is 4.77. The van der Waals surface area contributed by atoms with Crippen LogP contribution in [0.5, 0.6) is 0 Å². The lowest BCUT2D eigenvalue weighted by Crippen LogP contribution is -2.41. The van der Waals surface area contributed by atoms with Crippen LogP contribution in [0.4, 0.5) is 0 Å². The van der Waals surface area contributed by atoms with Crippen LogP contribution in [-0.2, 0) is 0 Å². The Morgan fingerprint density at radius 1 is 0.667 bits per heavy atom. The molecule has 166 valence electrons. The van der Waals surface area contributed by atoms with E-state index in [0.29, 0.717) is 11.8 Å². The molecule has 2 rings (SSSR count). The summed E-state index contributed by atoms with van der Waals surface area (Å²) in [5, 5.41) is 0. The number of hydrogen-bond donors (Lipinski definition) is 0. The Bertz CT molecular complexity index is 773. The van der Waals surface area contributed by atoms with E-state index in [-0.39, 0.29) is 21.7 Å². The molecule has 0 spiro atoms. The van der Waals surface area contributed by atoms with E-state index in [1.165, 1.54) is 17.7 Å². The highest BCUT2D eigenvalue weighted by molar-refractivity contribution is 5.24. The average Bonchev–Trinajstić information content (AvgIpc) is 2.64. The lowest BCUT2D eigenvalue weighted by atomic mass is 9.53. The van der Waals surface area contributed by atoms with Crippen LogP contribution < -0.4 is 0 Å². The Hall–Kier alpha value is -1.63. The highest BCUT2D eigenvalue weighted by Crippen LogP contribution is 2.57. The molecule has 30 heavy (non-hydrogen) atoms. The summed E-state index contributed by atoms with van der Waals surface area (Å²) in [6.07, 6.45) is 4.24. The first-order chi connectivity index (χ1) is 13.7. The second-order valence-electron chi connectivity index (χ2n) is 12.7. The van der Waals surface area contributed by atoms with Crippen molar-refractivity contribution in [2.24, 2.45) is 21.7 Å². The minimum atomic E-state index is 0.125. The van der Waals surface area contributed by atoms with E-state index >= 15 is 0 Å². The Morgan fingerprint density at radius 3 is 1.70 bits per heavy atom. The molecule has 0 saturated heterocycles. The van der Waals surface area contributed by atoms with Gasteiger partial charge in [0.1, 0.15) is 0 Å². The van der Waals surface area contributed by atoms with Crippen LogP contribution in [0, 0.1) is 21.7 Å². The molecule has 0 amide bonds. The van der Waals surface area contributed by atoms with Gasteiger partial charge in [-0.1, -0.05) is 106 Å². The van der Waals surface area contributed by atoms with Crippen LogP contribution in [0.3, 0.4) is 0 Å². The molecule has 0 aliphatic carbocycles. The summed E-state index contributed by atoms with van der Waals surface area (Å²) in [7, 11) is 0. The van der Waals surface area contributed by atoms with E-state index in [9.17, 15) is 0 Å². The zero-order valence-corrected chi connectivity index (χ0v) is 21.2. The molecule has 0 aliphatic rings. The Kier molecular flexibility index (Phi) is 7.27. The molecule has 1 heteroatoms. The van der Waals surface area contributed by atoms with Crippen LogP contribution >= 0.6 is 0 Å². The average molecular weight is 408 g/mol. The van der Waals surface area contributed by atoms with Crippen LogP contribution in [0.25, 0.3) is 0 Å². The van der Waals surface area contributed by atoms with Gasteiger partial charge in [-0.05, 0) is 58.1 Å². The van der Waals surface area contributed by atoms with Gasteiger partial charge in [0.05, 0.1) is 0 Å². The van der Waals surface area contributed by atoms with E-state index in [0.717, 1.165) is 6.42 Å². The molecule has 1 heterocycles. The summed E-state index contributed by atoms with van der Waals surface area (Å²) in [6, 6.07) is 17.5. The van der Waals surface area contributed by atoms with Gasteiger partial charge in [-0.15, -0.1) is 0 Å². The van der Waals surface area contributed by atoms with Gasteiger partial charge in [0, 0.05) is 17.8 Å². The zero-order chi connectivity index (χ0) is 22.8. The molecule has 1 aromatic heterocycles. The van der Waals surface area contributed by atoms with Crippen LogP contribution in [0.2, 0.25) is 0 Å². The molecule has 0 saturated carbocycles. The first kappa shape index (κ1) is 24.6. The second kappa shape index (κ2) is 8.85. The van der Waals surface area contributed by atoms with Crippen molar-refractivity contribution in [2.45, 2.75) is 93.9 Å². The van der Waals surface area contributed by atoms with E-state index in [2.05, 4.69) is 112 Å². The van der Waals surface area contributed by atoms with Gasteiger partial charge in [-0.3, -0.25) is 4.98 Å². The Morgan fingerprint density at radius 2 is 1.23 bits per heavy atom. The summed E-state index contributed by atoms with van der Waals surface area (Å²) in [5.41, 5.74) is 3.39. The van der Waals surface area contributed by atoms with Gasteiger partial charge >= 0.3 is 0 Å². The predicted molar refractivity (Wildman–Crippen MR) is 132 cm³/mol. The van der Waals surface area contributed by atoms with Crippen molar-refractivity contribution >= 4 is 0 Å². The quantitative estimate of drug-likeness (QED) is 0.446. The van der Waals surface area contributed by atoms with Gasteiger partial charge in [-0.25, -0.2) is 0 Å². The van der Waals surface area contributed by atoms with E-state index in [1.807, 2.05) is 12.3 Å². The minimum Gasteiger partial charge on any atom is -0.261 e. The standard InChI is InChI=1S/C29H45N/c1-26(2,3)20-23(22-16-12-11-13-17-22)29(9,10)28(7,8)21-24(27(4,5)6)25-18-14-15-19-30-25/h11-19,23-24H,20-21H2,1-10H3. The molecule has 2 atom stereocenters. The van der Waals surface area contributed by atoms with Gasteiger partial charge in [0.25, 0.3) is 0 Å². The topological polar surface area (TPSA) is 12.9 Å². The monoisotopic (exact) mass is 407 g/mol. The molecule has 0 aliphatic heterocycles. The lowest BCUT2D eigenvalue weighted by molar-refractivity contribution is 0.0299. The maximum Gasteiger partial charge on any atom is 0.0439 e. The molecule has 2 unspecified atom stereocenters. The van der Waals surface area contributed by atoms with Crippen molar-refractivity contribution < 1.29 is 0 Å². The Labute approximate surface area is 186 Å². The normalized spacial score (nSPS) is 15.7. The molecule has 0 fully saturated rings. The summed E-state index contributed by atoms with van der Waals surface area (Å²) in [5.74, 6) is 0.914. The summed E-state index contributed by atoms with van der Waals surface area (Å²) in [4.78, 5) is 4.77. The van der Waals surface area contributed by atoms with Crippen molar-refractivity contribution in [3.8, 4) is 0 Å².